The van der Waals surface area contributed by atoms with E-state index in [4.69, 9.17) is 0 Å². The van der Waals surface area contributed by atoms with E-state index in [2.05, 4.69) is 11.6 Å². The van der Waals surface area contributed by atoms with Crippen molar-refractivity contribution in [2.45, 2.75) is 13.2 Å². The van der Waals surface area contributed by atoms with Gasteiger partial charge in [0.05, 0.1) is 11.9 Å². The number of aliphatic hydroxyl groups is 1. The summed E-state index contributed by atoms with van der Waals surface area (Å²) in [4.78, 5) is 5.89. The van der Waals surface area contributed by atoms with E-state index in [1.165, 1.54) is 0 Å². The lowest BCUT2D eigenvalue weighted by molar-refractivity contribution is 0.191. The molecule has 3 heteroatoms. The zero-order valence-electron chi connectivity index (χ0n) is 10.2. The van der Waals surface area contributed by atoms with Crippen molar-refractivity contribution in [2.75, 3.05) is 4.90 Å². The molecule has 0 spiro atoms. The van der Waals surface area contributed by atoms with Crippen molar-refractivity contribution in [1.82, 2.24) is 4.98 Å². The summed E-state index contributed by atoms with van der Waals surface area (Å²) in [5.41, 5.74) is 4.70. The highest BCUT2D eigenvalue weighted by Gasteiger charge is 2.32. The molecule has 1 aromatic carbocycles. The topological polar surface area (TPSA) is 36.4 Å². The van der Waals surface area contributed by atoms with Gasteiger partial charge >= 0.3 is 0 Å². The van der Waals surface area contributed by atoms with E-state index in [9.17, 15) is 5.11 Å². The predicted molar refractivity (Wildman–Crippen MR) is 71.9 cm³/mol. The average Bonchev–Trinajstić information content (AvgIpc) is 2.63. The second-order valence-electron chi connectivity index (χ2n) is 4.49. The molecule has 2 heterocycles. The fraction of sp³-hybridized carbons (Fsp3) is 0.133. The van der Waals surface area contributed by atoms with Gasteiger partial charge in [-0.1, -0.05) is 30.3 Å². The smallest absolute Gasteiger partial charge is 0.158 e. The largest absolute Gasteiger partial charge is 0.369 e. The van der Waals surface area contributed by atoms with Crippen LogP contribution in [0.5, 0.6) is 0 Å². The number of nitrogens with zero attached hydrogens (tertiary/aromatic N) is 2. The van der Waals surface area contributed by atoms with E-state index in [1.807, 2.05) is 37.3 Å². The van der Waals surface area contributed by atoms with Gasteiger partial charge in [-0.05, 0) is 19.1 Å². The molecule has 0 saturated carbocycles. The Morgan fingerprint density at radius 3 is 2.89 bits per heavy atom. The average molecular weight is 238 g/mol. The van der Waals surface area contributed by atoms with Crippen LogP contribution in [0.15, 0.2) is 49.3 Å². The Balaban J connectivity index is 2.10. The van der Waals surface area contributed by atoms with Crippen LogP contribution < -0.4 is 4.90 Å². The Bertz CT molecular complexity index is 607. The van der Waals surface area contributed by atoms with Gasteiger partial charge < -0.3 is 10.0 Å². The molecule has 1 aromatic heterocycles. The highest BCUT2D eigenvalue weighted by molar-refractivity contribution is 5.84. The third-order valence-electron chi connectivity index (χ3n) is 3.26. The molecule has 1 unspecified atom stereocenters. The minimum absolute atomic E-state index is 0.684. The van der Waals surface area contributed by atoms with E-state index in [0.717, 1.165) is 28.1 Å². The van der Waals surface area contributed by atoms with Crippen LogP contribution in [-0.2, 0) is 0 Å². The van der Waals surface area contributed by atoms with Crippen molar-refractivity contribution in [3.8, 4) is 0 Å². The molecule has 0 fully saturated rings. The zero-order valence-corrected chi connectivity index (χ0v) is 10.2. The van der Waals surface area contributed by atoms with Crippen molar-refractivity contribution in [3.63, 3.8) is 0 Å². The van der Waals surface area contributed by atoms with E-state index >= 15 is 0 Å². The van der Waals surface area contributed by atoms with Gasteiger partial charge in [0.1, 0.15) is 0 Å². The number of aryl methyl sites for hydroxylation is 1. The third kappa shape index (κ3) is 1.52. The summed E-state index contributed by atoms with van der Waals surface area (Å²) in [6.45, 7) is 6.09. The summed E-state index contributed by atoms with van der Waals surface area (Å²) in [6, 6.07) is 9.81. The standard InChI is InChI=1S/C15H14N2O/c1-10-5-6-13-11(2)17(15(18)14(13)8-10)12-4-3-7-16-9-12/h3-9,15,18H,2H2,1H3. The highest BCUT2D eigenvalue weighted by Crippen LogP contribution is 2.42. The van der Waals surface area contributed by atoms with Gasteiger partial charge in [-0.25, -0.2) is 0 Å². The Labute approximate surface area is 106 Å². The van der Waals surface area contributed by atoms with Gasteiger partial charge in [-0.3, -0.25) is 4.98 Å². The lowest BCUT2D eigenvalue weighted by Gasteiger charge is -2.23. The lowest BCUT2D eigenvalue weighted by atomic mass is 10.1. The Kier molecular flexibility index (Phi) is 2.42. The molecule has 0 radical (unpaired) electrons. The van der Waals surface area contributed by atoms with Crippen molar-refractivity contribution in [1.29, 1.82) is 0 Å². The van der Waals surface area contributed by atoms with Crippen LogP contribution in [0.4, 0.5) is 5.69 Å². The van der Waals surface area contributed by atoms with Gasteiger partial charge in [-0.2, -0.15) is 0 Å². The predicted octanol–water partition coefficient (Wildman–Crippen LogP) is 2.87. The Hall–Kier alpha value is -2.13. The fourth-order valence-electron chi connectivity index (χ4n) is 2.37. The maximum absolute atomic E-state index is 10.4. The molecule has 1 aliphatic rings. The lowest BCUT2D eigenvalue weighted by Crippen LogP contribution is -2.19. The van der Waals surface area contributed by atoms with Crippen molar-refractivity contribution in [2.24, 2.45) is 0 Å². The molecular formula is C15H14N2O. The molecule has 3 rings (SSSR count). The second kappa shape index (κ2) is 3.96. The summed E-state index contributed by atoms with van der Waals surface area (Å²) in [6.07, 6.45) is 2.76. The normalized spacial score (nSPS) is 18.0. The number of hydrogen-bond acceptors (Lipinski definition) is 3. The number of aromatic nitrogens is 1. The number of pyridine rings is 1. The van der Waals surface area contributed by atoms with Gasteiger partial charge in [-0.15, -0.1) is 0 Å². The number of rotatable bonds is 1. The molecular weight excluding hydrogens is 224 g/mol. The molecule has 0 amide bonds. The molecule has 0 bridgehead atoms. The second-order valence-corrected chi connectivity index (χ2v) is 4.49. The summed E-state index contributed by atoms with van der Waals surface area (Å²) in [7, 11) is 0. The molecule has 1 N–H and O–H groups in total. The summed E-state index contributed by atoms with van der Waals surface area (Å²) in [5.74, 6) is 0. The first kappa shape index (κ1) is 11.0. The fourth-order valence-corrected chi connectivity index (χ4v) is 2.37. The third-order valence-corrected chi connectivity index (χ3v) is 3.26. The van der Waals surface area contributed by atoms with Crippen molar-refractivity contribution in [3.05, 3.63) is 66.0 Å². The van der Waals surface area contributed by atoms with Crippen LogP contribution in [0, 0.1) is 6.92 Å². The first-order chi connectivity index (χ1) is 8.68. The monoisotopic (exact) mass is 238 g/mol. The van der Waals surface area contributed by atoms with Gasteiger partial charge in [0.2, 0.25) is 0 Å². The molecule has 2 aromatic rings. The van der Waals surface area contributed by atoms with Crippen molar-refractivity contribution >= 4 is 11.4 Å². The quantitative estimate of drug-likeness (QED) is 0.830. The van der Waals surface area contributed by atoms with Crippen LogP contribution in [0.2, 0.25) is 0 Å². The van der Waals surface area contributed by atoms with Crippen LogP contribution >= 0.6 is 0 Å². The minimum Gasteiger partial charge on any atom is -0.369 e. The van der Waals surface area contributed by atoms with Crippen LogP contribution in [0.3, 0.4) is 0 Å². The maximum Gasteiger partial charge on any atom is 0.158 e. The van der Waals surface area contributed by atoms with Gasteiger partial charge in [0.25, 0.3) is 0 Å². The highest BCUT2D eigenvalue weighted by atomic mass is 16.3. The molecule has 0 aliphatic carbocycles. The Morgan fingerprint density at radius 2 is 2.17 bits per heavy atom. The van der Waals surface area contributed by atoms with Crippen LogP contribution in [-0.4, -0.2) is 10.1 Å². The summed E-state index contributed by atoms with van der Waals surface area (Å²) in [5, 5.41) is 10.4. The molecule has 3 nitrogen and oxygen atoms in total. The Morgan fingerprint density at radius 1 is 1.33 bits per heavy atom. The summed E-state index contributed by atoms with van der Waals surface area (Å²) >= 11 is 0. The SMILES string of the molecule is C=C1c2ccc(C)cc2C(O)N1c1cccnc1. The maximum atomic E-state index is 10.4. The first-order valence-corrected chi connectivity index (χ1v) is 5.85. The molecule has 18 heavy (non-hydrogen) atoms. The summed E-state index contributed by atoms with van der Waals surface area (Å²) < 4.78 is 0. The molecule has 0 saturated heterocycles. The number of benzene rings is 1. The van der Waals surface area contributed by atoms with Crippen LogP contribution in [0.25, 0.3) is 5.70 Å². The van der Waals surface area contributed by atoms with Gasteiger partial charge in [0.15, 0.2) is 6.23 Å². The van der Waals surface area contributed by atoms with Crippen molar-refractivity contribution < 1.29 is 5.11 Å². The van der Waals surface area contributed by atoms with Crippen LogP contribution in [0.1, 0.15) is 22.9 Å². The van der Waals surface area contributed by atoms with E-state index in [1.54, 1.807) is 17.3 Å². The zero-order chi connectivity index (χ0) is 12.7. The number of hydrogen-bond donors (Lipinski definition) is 1. The molecule has 1 atom stereocenters. The molecule has 90 valence electrons. The first-order valence-electron chi connectivity index (χ1n) is 5.85. The number of fused-ring (bicyclic) bond motifs is 1. The number of aliphatic hydroxyl groups excluding tert-OH is 1. The minimum atomic E-state index is -0.684. The van der Waals surface area contributed by atoms with Gasteiger partial charge in [0, 0.05) is 23.0 Å². The number of anilines is 1. The van der Waals surface area contributed by atoms with E-state index in [0.29, 0.717) is 0 Å². The molecule has 1 aliphatic heterocycles. The van der Waals surface area contributed by atoms with E-state index in [-0.39, 0.29) is 0 Å². The van der Waals surface area contributed by atoms with E-state index < -0.39 is 6.23 Å².